The Labute approximate surface area is 107 Å². The summed E-state index contributed by atoms with van der Waals surface area (Å²) in [4.78, 5) is 1.77. The zero-order valence-corrected chi connectivity index (χ0v) is 11.1. The van der Waals surface area contributed by atoms with Gasteiger partial charge in [-0.05, 0) is 27.9 Å². The van der Waals surface area contributed by atoms with Crippen LogP contribution in [0.2, 0.25) is 0 Å². The number of rotatable bonds is 4. The number of hydrogen-bond acceptors (Lipinski definition) is 7. The van der Waals surface area contributed by atoms with Crippen LogP contribution < -0.4 is 0 Å². The van der Waals surface area contributed by atoms with E-state index in [1.165, 1.54) is 0 Å². The van der Waals surface area contributed by atoms with Crippen molar-refractivity contribution in [1.29, 1.82) is 0 Å². The maximum absolute atomic E-state index is 9.81. The van der Waals surface area contributed by atoms with Gasteiger partial charge in [0.2, 0.25) is 0 Å². The SMILES string of the molecule is CN(C)C(C)(C)OC1O[C@H](CO)[C@@H](O)[C@H](O)[C@H]1O. The van der Waals surface area contributed by atoms with Crippen LogP contribution in [0.25, 0.3) is 0 Å². The van der Waals surface area contributed by atoms with Gasteiger partial charge in [0.25, 0.3) is 0 Å². The number of nitrogens with zero attached hydrogens (tertiary/aromatic N) is 1. The van der Waals surface area contributed by atoms with Gasteiger partial charge in [-0.15, -0.1) is 0 Å². The van der Waals surface area contributed by atoms with Crippen LogP contribution in [0.1, 0.15) is 13.8 Å². The number of aliphatic hydroxyl groups is 4. The lowest BCUT2D eigenvalue weighted by Gasteiger charge is -2.44. The molecule has 0 amide bonds. The van der Waals surface area contributed by atoms with Crippen molar-refractivity contribution >= 4 is 0 Å². The fourth-order valence-corrected chi connectivity index (χ4v) is 1.55. The Kier molecular flexibility index (Phi) is 5.07. The van der Waals surface area contributed by atoms with E-state index in [-0.39, 0.29) is 0 Å². The highest BCUT2D eigenvalue weighted by Crippen LogP contribution is 2.26. The molecule has 0 radical (unpaired) electrons. The maximum Gasteiger partial charge on any atom is 0.188 e. The molecular formula is C11H23NO6. The average molecular weight is 265 g/mol. The van der Waals surface area contributed by atoms with Crippen molar-refractivity contribution in [3.8, 4) is 0 Å². The van der Waals surface area contributed by atoms with Crippen molar-refractivity contribution < 1.29 is 29.9 Å². The molecule has 1 aliphatic heterocycles. The molecule has 1 rings (SSSR count). The molecule has 1 saturated heterocycles. The summed E-state index contributed by atoms with van der Waals surface area (Å²) < 4.78 is 10.8. The van der Waals surface area contributed by atoms with Gasteiger partial charge in [0.15, 0.2) is 6.29 Å². The Bertz CT molecular complexity index is 270. The molecular weight excluding hydrogens is 242 g/mol. The smallest absolute Gasteiger partial charge is 0.188 e. The molecule has 0 spiro atoms. The monoisotopic (exact) mass is 265 g/mol. The topological polar surface area (TPSA) is 103 Å². The van der Waals surface area contributed by atoms with Crippen LogP contribution in [-0.4, -0.2) is 82.5 Å². The van der Waals surface area contributed by atoms with E-state index < -0.39 is 43.0 Å². The lowest BCUT2D eigenvalue weighted by Crippen LogP contribution is -2.61. The van der Waals surface area contributed by atoms with E-state index in [0.717, 1.165) is 0 Å². The third-order valence-electron chi connectivity index (χ3n) is 3.33. The van der Waals surface area contributed by atoms with Gasteiger partial charge >= 0.3 is 0 Å². The van der Waals surface area contributed by atoms with E-state index in [2.05, 4.69) is 0 Å². The molecule has 1 fully saturated rings. The Morgan fingerprint density at radius 1 is 1.11 bits per heavy atom. The van der Waals surface area contributed by atoms with Crippen LogP contribution in [-0.2, 0) is 9.47 Å². The first-order valence-corrected chi connectivity index (χ1v) is 5.86. The molecule has 7 heteroatoms. The van der Waals surface area contributed by atoms with Gasteiger partial charge in [0.1, 0.15) is 30.1 Å². The van der Waals surface area contributed by atoms with Crippen molar-refractivity contribution in [2.24, 2.45) is 0 Å². The summed E-state index contributed by atoms with van der Waals surface area (Å²) in [7, 11) is 3.59. The van der Waals surface area contributed by atoms with Crippen LogP contribution in [0, 0.1) is 0 Å². The quantitative estimate of drug-likeness (QED) is 0.440. The third kappa shape index (κ3) is 3.18. The lowest BCUT2D eigenvalue weighted by molar-refractivity contribution is -0.337. The predicted molar refractivity (Wildman–Crippen MR) is 62.6 cm³/mol. The lowest BCUT2D eigenvalue weighted by atomic mass is 9.99. The van der Waals surface area contributed by atoms with Crippen LogP contribution in [0.5, 0.6) is 0 Å². The molecule has 0 aromatic rings. The van der Waals surface area contributed by atoms with E-state index in [0.29, 0.717) is 0 Å². The fourth-order valence-electron chi connectivity index (χ4n) is 1.55. The molecule has 0 aromatic carbocycles. The summed E-state index contributed by atoms with van der Waals surface area (Å²) >= 11 is 0. The summed E-state index contributed by atoms with van der Waals surface area (Å²) in [6.45, 7) is 3.08. The summed E-state index contributed by atoms with van der Waals surface area (Å²) in [5.41, 5.74) is -0.729. The molecule has 18 heavy (non-hydrogen) atoms. The fraction of sp³-hybridized carbons (Fsp3) is 1.00. The van der Waals surface area contributed by atoms with E-state index in [1.807, 2.05) is 0 Å². The Balaban J connectivity index is 2.76. The highest BCUT2D eigenvalue weighted by Gasteiger charge is 2.46. The maximum atomic E-state index is 9.81. The molecule has 1 unspecified atom stereocenters. The minimum Gasteiger partial charge on any atom is -0.394 e. The average Bonchev–Trinajstić information content (AvgIpc) is 2.29. The van der Waals surface area contributed by atoms with Gasteiger partial charge in [-0.25, -0.2) is 0 Å². The van der Waals surface area contributed by atoms with Gasteiger partial charge in [0.05, 0.1) is 6.61 Å². The summed E-state index contributed by atoms with van der Waals surface area (Å²) in [6.07, 6.45) is -6.22. The highest BCUT2D eigenvalue weighted by atomic mass is 16.7. The Hall–Kier alpha value is -0.280. The largest absolute Gasteiger partial charge is 0.394 e. The molecule has 1 heterocycles. The first kappa shape index (κ1) is 15.8. The van der Waals surface area contributed by atoms with Crippen LogP contribution in [0.15, 0.2) is 0 Å². The number of aliphatic hydroxyl groups excluding tert-OH is 4. The molecule has 0 aliphatic carbocycles. The van der Waals surface area contributed by atoms with Crippen molar-refractivity contribution in [3.63, 3.8) is 0 Å². The summed E-state index contributed by atoms with van der Waals surface area (Å²) in [5, 5.41) is 38.1. The highest BCUT2D eigenvalue weighted by molar-refractivity contribution is 4.89. The second kappa shape index (κ2) is 5.79. The predicted octanol–water partition coefficient (Wildman–Crippen LogP) is -1.90. The first-order valence-electron chi connectivity index (χ1n) is 5.86. The van der Waals surface area contributed by atoms with Gasteiger partial charge in [-0.2, -0.15) is 0 Å². The van der Waals surface area contributed by atoms with Crippen LogP contribution in [0.4, 0.5) is 0 Å². The molecule has 0 saturated carbocycles. The third-order valence-corrected chi connectivity index (χ3v) is 3.33. The van der Waals surface area contributed by atoms with Crippen molar-refractivity contribution in [2.75, 3.05) is 20.7 Å². The zero-order valence-electron chi connectivity index (χ0n) is 11.1. The minimum atomic E-state index is -1.42. The standard InChI is InChI=1S/C11H23NO6/c1-11(2,12(3)4)18-10-9(16)8(15)7(14)6(5-13)17-10/h6-10,13-16H,5H2,1-4H3/t6-,7-,8+,9-,10?/m1/s1. The van der Waals surface area contributed by atoms with Gasteiger partial charge in [-0.3, -0.25) is 4.90 Å². The second-order valence-corrected chi connectivity index (χ2v) is 5.16. The van der Waals surface area contributed by atoms with E-state index >= 15 is 0 Å². The number of hydrogen-bond donors (Lipinski definition) is 4. The molecule has 7 nitrogen and oxygen atoms in total. The van der Waals surface area contributed by atoms with Crippen molar-refractivity contribution in [1.82, 2.24) is 4.90 Å². The number of ether oxygens (including phenoxy) is 2. The van der Waals surface area contributed by atoms with Gasteiger partial charge in [0, 0.05) is 0 Å². The molecule has 0 bridgehead atoms. The van der Waals surface area contributed by atoms with Gasteiger partial charge in [-0.1, -0.05) is 0 Å². The summed E-state index contributed by atoms with van der Waals surface area (Å²) in [6, 6.07) is 0. The normalized spacial score (nSPS) is 38.2. The Morgan fingerprint density at radius 3 is 2.11 bits per heavy atom. The summed E-state index contributed by atoms with van der Waals surface area (Å²) in [5.74, 6) is 0. The second-order valence-electron chi connectivity index (χ2n) is 5.16. The molecule has 108 valence electrons. The zero-order chi connectivity index (χ0) is 14.1. The molecule has 1 aliphatic rings. The minimum absolute atomic E-state index is 0.465. The van der Waals surface area contributed by atoms with E-state index in [9.17, 15) is 15.3 Å². The van der Waals surface area contributed by atoms with Crippen molar-refractivity contribution in [3.05, 3.63) is 0 Å². The van der Waals surface area contributed by atoms with E-state index in [4.69, 9.17) is 14.6 Å². The Morgan fingerprint density at radius 2 is 1.67 bits per heavy atom. The van der Waals surface area contributed by atoms with Crippen LogP contribution >= 0.6 is 0 Å². The molecule has 5 atom stereocenters. The molecule has 4 N–H and O–H groups in total. The molecule has 0 aromatic heterocycles. The first-order chi connectivity index (χ1) is 8.20. The van der Waals surface area contributed by atoms with Gasteiger partial charge < -0.3 is 29.9 Å². The van der Waals surface area contributed by atoms with E-state index in [1.54, 1.807) is 32.8 Å². The van der Waals surface area contributed by atoms with Crippen LogP contribution in [0.3, 0.4) is 0 Å². The van der Waals surface area contributed by atoms with Crippen molar-refractivity contribution in [2.45, 2.75) is 50.3 Å².